The predicted molar refractivity (Wildman–Crippen MR) is 158 cm³/mol. The van der Waals surface area contributed by atoms with Gasteiger partial charge in [0.1, 0.15) is 12.2 Å². The van der Waals surface area contributed by atoms with Crippen LogP contribution in [0.15, 0.2) is 23.8 Å². The van der Waals surface area contributed by atoms with Crippen LogP contribution in [-0.4, -0.2) is 49.6 Å². The second-order valence-electron chi connectivity index (χ2n) is 14.6. The number of rotatable bonds is 10. The molecule has 0 aromatic heterocycles. The largest absolute Gasteiger partial charge is 0.481 e. The van der Waals surface area contributed by atoms with E-state index in [1.165, 1.54) is 5.57 Å². The molecule has 3 aliphatic rings. The van der Waals surface area contributed by atoms with E-state index in [1.54, 1.807) is 13.8 Å². The third-order valence-electron chi connectivity index (χ3n) is 9.68. The van der Waals surface area contributed by atoms with Crippen molar-refractivity contribution in [2.75, 3.05) is 0 Å². The van der Waals surface area contributed by atoms with Crippen LogP contribution >= 0.6 is 0 Å². The highest BCUT2D eigenvalue weighted by atomic mass is 28.4. The number of cyclic esters (lactones) is 1. The van der Waals surface area contributed by atoms with Crippen molar-refractivity contribution in [3.05, 3.63) is 23.8 Å². The fourth-order valence-electron chi connectivity index (χ4n) is 6.12. The maximum absolute atomic E-state index is 13.3. The Kier molecular flexibility index (Phi) is 10.2. The van der Waals surface area contributed by atoms with E-state index in [-0.39, 0.29) is 71.8 Å². The van der Waals surface area contributed by atoms with Crippen molar-refractivity contribution in [1.29, 1.82) is 0 Å². The van der Waals surface area contributed by atoms with Crippen molar-refractivity contribution >= 4 is 26.2 Å². The Bertz CT molecular complexity index is 1010. The van der Waals surface area contributed by atoms with E-state index in [4.69, 9.17) is 19.0 Å². The molecule has 0 unspecified atom stereocenters. The van der Waals surface area contributed by atoms with Crippen molar-refractivity contribution < 1.29 is 33.4 Å². The molecule has 226 valence electrons. The maximum atomic E-state index is 13.3. The monoisotopic (exact) mass is 576 g/mol. The standard InChI is InChI=1S/C32H52O7Si/c1-20-16-22-11-10-21(2)25(29(22)26(17-20)38-30(36)32(6,7)15-14-27(33)34)13-12-23-18-24(19-28(35)37-23)39-40(8,9)31(3,4)5/h10-11,16,20-21,23-26,29H,12-15,17-19H2,1-9H3,(H,33,34)/t20-,21-,23+,24+,25-,26-,29-/m0/s1. The molecule has 0 aromatic rings. The van der Waals surface area contributed by atoms with Crippen molar-refractivity contribution in [3.63, 3.8) is 0 Å². The van der Waals surface area contributed by atoms with E-state index >= 15 is 0 Å². The highest BCUT2D eigenvalue weighted by Crippen LogP contribution is 2.46. The molecule has 7 nitrogen and oxygen atoms in total. The summed E-state index contributed by atoms with van der Waals surface area (Å²) in [5.74, 6) is -0.561. The molecule has 0 bridgehead atoms. The van der Waals surface area contributed by atoms with Crippen LogP contribution in [0.25, 0.3) is 0 Å². The number of aliphatic carboxylic acids is 1. The number of hydrogen-bond acceptors (Lipinski definition) is 6. The number of fused-ring (bicyclic) bond motifs is 1. The highest BCUT2D eigenvalue weighted by molar-refractivity contribution is 6.74. The molecule has 1 fully saturated rings. The average molecular weight is 577 g/mol. The summed E-state index contributed by atoms with van der Waals surface area (Å²) >= 11 is 0. The zero-order valence-corrected chi connectivity index (χ0v) is 27.1. The third-order valence-corrected chi connectivity index (χ3v) is 14.2. The molecule has 1 saturated heterocycles. The summed E-state index contributed by atoms with van der Waals surface area (Å²) in [5.41, 5.74) is 0.340. The van der Waals surface area contributed by atoms with Gasteiger partial charge in [-0.15, -0.1) is 0 Å². The van der Waals surface area contributed by atoms with Crippen molar-refractivity contribution in [3.8, 4) is 0 Å². The first-order valence-corrected chi connectivity index (χ1v) is 18.0. The molecule has 0 radical (unpaired) electrons. The molecule has 0 aromatic carbocycles. The number of carbonyl (C=O) groups excluding carboxylic acids is 2. The molecule has 2 aliphatic carbocycles. The van der Waals surface area contributed by atoms with E-state index in [1.807, 2.05) is 0 Å². The van der Waals surface area contributed by atoms with Crippen LogP contribution in [0.4, 0.5) is 0 Å². The minimum absolute atomic E-state index is 0.0639. The summed E-state index contributed by atoms with van der Waals surface area (Å²) in [7, 11) is -2.01. The number of allylic oxidation sites excluding steroid dienone is 3. The lowest BCUT2D eigenvalue weighted by Gasteiger charge is -2.44. The molecule has 0 saturated carbocycles. The van der Waals surface area contributed by atoms with Gasteiger partial charge in [0.25, 0.3) is 0 Å². The average Bonchev–Trinajstić information content (AvgIpc) is 2.81. The van der Waals surface area contributed by atoms with Gasteiger partial charge >= 0.3 is 17.9 Å². The molecule has 3 rings (SSSR count). The zero-order valence-electron chi connectivity index (χ0n) is 26.1. The minimum atomic E-state index is -2.01. The van der Waals surface area contributed by atoms with E-state index in [0.29, 0.717) is 6.42 Å². The molecular formula is C32H52O7Si. The number of ether oxygens (including phenoxy) is 2. The van der Waals surface area contributed by atoms with Crippen LogP contribution in [0.3, 0.4) is 0 Å². The van der Waals surface area contributed by atoms with Gasteiger partial charge < -0.3 is 19.0 Å². The lowest BCUT2D eigenvalue weighted by molar-refractivity contribution is -0.166. The van der Waals surface area contributed by atoms with Gasteiger partial charge in [0.05, 0.1) is 17.9 Å². The lowest BCUT2D eigenvalue weighted by Crippen LogP contribution is -2.47. The smallest absolute Gasteiger partial charge is 0.311 e. The van der Waals surface area contributed by atoms with Gasteiger partial charge in [-0.3, -0.25) is 14.4 Å². The first kappa shape index (κ1) is 32.6. The van der Waals surface area contributed by atoms with Gasteiger partial charge in [0, 0.05) is 18.8 Å². The normalized spacial score (nSPS) is 31.2. The van der Waals surface area contributed by atoms with Crippen molar-refractivity contribution in [2.45, 2.75) is 130 Å². The second-order valence-corrected chi connectivity index (χ2v) is 19.4. The molecule has 8 heteroatoms. The quantitative estimate of drug-likeness (QED) is 0.219. The summed E-state index contributed by atoms with van der Waals surface area (Å²) < 4.78 is 18.6. The Labute approximate surface area is 242 Å². The Morgan fingerprint density at radius 2 is 1.77 bits per heavy atom. The summed E-state index contributed by atoms with van der Waals surface area (Å²) in [6, 6.07) is 0. The SMILES string of the molecule is C[C@H]1C=C2C=C[C@H](C)[C@H](CC[C@@H]3C[C@@H](O[Si](C)(C)C(C)(C)C)CC(=O)O3)[C@H]2[C@@H](OC(=O)C(C)(C)CCC(=O)O)C1. The number of carboxylic acid groups (broad SMARTS) is 1. The number of hydrogen-bond donors (Lipinski definition) is 1. The molecule has 1 aliphatic heterocycles. The van der Waals surface area contributed by atoms with E-state index < -0.39 is 19.7 Å². The van der Waals surface area contributed by atoms with Gasteiger partial charge in [0.2, 0.25) is 0 Å². The molecule has 1 N–H and O–H groups in total. The van der Waals surface area contributed by atoms with Crippen LogP contribution in [0.1, 0.15) is 93.4 Å². The Morgan fingerprint density at radius 3 is 2.40 bits per heavy atom. The topological polar surface area (TPSA) is 99.1 Å². The maximum Gasteiger partial charge on any atom is 0.311 e. The molecule has 7 atom stereocenters. The van der Waals surface area contributed by atoms with Crippen LogP contribution < -0.4 is 0 Å². The van der Waals surface area contributed by atoms with E-state index in [9.17, 15) is 14.4 Å². The Balaban J connectivity index is 1.72. The van der Waals surface area contributed by atoms with Crippen LogP contribution in [0.5, 0.6) is 0 Å². The third kappa shape index (κ3) is 8.08. The molecule has 0 amide bonds. The number of carboxylic acids is 1. The summed E-state index contributed by atoms with van der Waals surface area (Å²) in [4.78, 5) is 36.9. The molecule has 40 heavy (non-hydrogen) atoms. The fourth-order valence-corrected chi connectivity index (χ4v) is 7.49. The lowest BCUT2D eigenvalue weighted by atomic mass is 9.65. The minimum Gasteiger partial charge on any atom is -0.481 e. The Hall–Kier alpha value is -1.93. The fraction of sp³-hybridized carbons (Fsp3) is 0.781. The first-order chi connectivity index (χ1) is 18.4. The van der Waals surface area contributed by atoms with E-state index in [0.717, 1.165) is 25.7 Å². The van der Waals surface area contributed by atoms with Gasteiger partial charge in [0.15, 0.2) is 8.32 Å². The molecule has 1 heterocycles. The van der Waals surface area contributed by atoms with E-state index in [2.05, 4.69) is 65.9 Å². The summed E-state index contributed by atoms with van der Waals surface area (Å²) in [5, 5.41) is 9.19. The van der Waals surface area contributed by atoms with Crippen LogP contribution in [0, 0.1) is 29.1 Å². The summed E-state index contributed by atoms with van der Waals surface area (Å²) in [6.45, 7) is 19.0. The van der Waals surface area contributed by atoms with Crippen molar-refractivity contribution in [1.82, 2.24) is 0 Å². The van der Waals surface area contributed by atoms with Gasteiger partial charge in [-0.05, 0) is 81.0 Å². The Morgan fingerprint density at radius 1 is 1.10 bits per heavy atom. The van der Waals surface area contributed by atoms with Gasteiger partial charge in [-0.2, -0.15) is 0 Å². The summed E-state index contributed by atoms with van der Waals surface area (Å²) in [6.07, 6.45) is 9.71. The molecule has 0 spiro atoms. The van der Waals surface area contributed by atoms with Gasteiger partial charge in [-0.1, -0.05) is 52.8 Å². The number of esters is 2. The van der Waals surface area contributed by atoms with Crippen molar-refractivity contribution in [2.24, 2.45) is 29.1 Å². The predicted octanol–water partition coefficient (Wildman–Crippen LogP) is 7.07. The van der Waals surface area contributed by atoms with Crippen LogP contribution in [0.2, 0.25) is 18.1 Å². The number of carbonyl (C=O) groups is 3. The zero-order chi connectivity index (χ0) is 30.0. The van der Waals surface area contributed by atoms with Gasteiger partial charge in [-0.25, -0.2) is 0 Å². The molecular weight excluding hydrogens is 524 g/mol. The van der Waals surface area contributed by atoms with Crippen LogP contribution in [-0.2, 0) is 28.3 Å². The second kappa shape index (κ2) is 12.5. The first-order valence-electron chi connectivity index (χ1n) is 15.1. The highest BCUT2D eigenvalue weighted by Gasteiger charge is 2.45.